The van der Waals surface area contributed by atoms with E-state index in [1.807, 2.05) is 0 Å². The fourth-order valence-corrected chi connectivity index (χ4v) is 3.76. The van der Waals surface area contributed by atoms with Gasteiger partial charge in [-0.25, -0.2) is 0 Å². The van der Waals surface area contributed by atoms with Crippen molar-refractivity contribution in [3.8, 4) is 0 Å². The summed E-state index contributed by atoms with van der Waals surface area (Å²) in [6, 6.07) is 0. The minimum absolute atomic E-state index is 0.0878. The lowest BCUT2D eigenvalue weighted by molar-refractivity contribution is -0.174. The maximum absolute atomic E-state index is 5.47. The molecule has 0 radical (unpaired) electrons. The smallest absolute Gasteiger partial charge is 0.161 e. The van der Waals surface area contributed by atoms with Crippen molar-refractivity contribution in [1.29, 1.82) is 0 Å². The van der Waals surface area contributed by atoms with E-state index in [9.17, 15) is 0 Å². The Balaban J connectivity index is 2.59. The molecule has 0 saturated heterocycles. The molecule has 0 bridgehead atoms. The zero-order chi connectivity index (χ0) is 13.6. The summed E-state index contributed by atoms with van der Waals surface area (Å²) in [5.74, 6) is 1.76. The van der Waals surface area contributed by atoms with Crippen LogP contribution in [0.2, 0.25) is 0 Å². The van der Waals surface area contributed by atoms with Crippen LogP contribution in [0.25, 0.3) is 0 Å². The third-order valence-corrected chi connectivity index (χ3v) is 4.70. The highest BCUT2D eigenvalue weighted by Gasteiger charge is 2.34. The number of methoxy groups -OCH3 is 2. The maximum atomic E-state index is 5.47. The molecule has 2 heteroatoms. The molecule has 1 unspecified atom stereocenters. The Labute approximate surface area is 113 Å². The van der Waals surface area contributed by atoms with Gasteiger partial charge in [-0.05, 0) is 18.3 Å². The van der Waals surface area contributed by atoms with Gasteiger partial charge in [0, 0.05) is 19.6 Å². The van der Waals surface area contributed by atoms with Gasteiger partial charge in [0.15, 0.2) is 6.29 Å². The predicted molar refractivity (Wildman–Crippen MR) is 76.6 cm³/mol. The zero-order valence-electron chi connectivity index (χ0n) is 13.0. The quantitative estimate of drug-likeness (QED) is 0.618. The lowest BCUT2D eigenvalue weighted by Gasteiger charge is -2.38. The first-order valence-electron chi connectivity index (χ1n) is 7.60. The summed E-state index contributed by atoms with van der Waals surface area (Å²) in [4.78, 5) is 0. The molecule has 0 spiro atoms. The molecular formula is C16H32O2. The highest BCUT2D eigenvalue weighted by molar-refractivity contribution is 4.81. The number of hydrogen-bond acceptors (Lipinski definition) is 2. The molecule has 1 rings (SSSR count). The summed E-state index contributed by atoms with van der Waals surface area (Å²) in [5, 5.41) is 0. The normalized spacial score (nSPS) is 20.3. The molecule has 0 aliphatic heterocycles. The van der Waals surface area contributed by atoms with Crippen molar-refractivity contribution < 1.29 is 9.47 Å². The summed E-state index contributed by atoms with van der Waals surface area (Å²) >= 11 is 0. The lowest BCUT2D eigenvalue weighted by atomic mass is 9.71. The van der Waals surface area contributed by atoms with Crippen LogP contribution in [0.5, 0.6) is 0 Å². The van der Waals surface area contributed by atoms with Crippen LogP contribution in [-0.2, 0) is 9.47 Å². The Morgan fingerprint density at radius 2 is 1.61 bits per heavy atom. The van der Waals surface area contributed by atoms with E-state index in [-0.39, 0.29) is 11.7 Å². The molecule has 1 aliphatic carbocycles. The first kappa shape index (κ1) is 16.0. The van der Waals surface area contributed by atoms with Crippen molar-refractivity contribution in [2.75, 3.05) is 14.2 Å². The molecule has 1 aliphatic rings. The fourth-order valence-electron chi connectivity index (χ4n) is 3.76. The SMILES string of the molecule is CCC(CC(C)(C)C(OC)OC)C1CCCCC1. The zero-order valence-corrected chi connectivity index (χ0v) is 13.0. The molecule has 1 fully saturated rings. The molecule has 0 heterocycles. The Kier molecular flexibility index (Phi) is 6.65. The summed E-state index contributed by atoms with van der Waals surface area (Å²) in [6.45, 7) is 6.89. The molecular weight excluding hydrogens is 224 g/mol. The van der Waals surface area contributed by atoms with Crippen LogP contribution in [0.4, 0.5) is 0 Å². The summed E-state index contributed by atoms with van der Waals surface area (Å²) in [5.41, 5.74) is 0.0988. The largest absolute Gasteiger partial charge is 0.355 e. The first-order chi connectivity index (χ1) is 8.55. The maximum Gasteiger partial charge on any atom is 0.161 e. The van der Waals surface area contributed by atoms with E-state index in [2.05, 4.69) is 20.8 Å². The summed E-state index contributed by atoms with van der Waals surface area (Å²) in [6.07, 6.45) is 9.57. The minimum atomic E-state index is -0.0878. The third kappa shape index (κ3) is 4.24. The van der Waals surface area contributed by atoms with Gasteiger partial charge in [-0.1, -0.05) is 59.3 Å². The number of ether oxygens (including phenoxy) is 2. The fraction of sp³-hybridized carbons (Fsp3) is 1.00. The Bertz CT molecular complexity index is 215. The standard InChI is InChI=1S/C16H32O2/c1-6-13(14-10-8-7-9-11-14)12-16(2,3)15(17-4)18-5/h13-15H,6-12H2,1-5H3. The Morgan fingerprint density at radius 1 is 1.06 bits per heavy atom. The minimum Gasteiger partial charge on any atom is -0.355 e. The second-order valence-corrected chi connectivity index (χ2v) is 6.56. The van der Waals surface area contributed by atoms with Crippen molar-refractivity contribution in [1.82, 2.24) is 0 Å². The molecule has 0 N–H and O–H groups in total. The molecule has 18 heavy (non-hydrogen) atoms. The molecule has 108 valence electrons. The topological polar surface area (TPSA) is 18.5 Å². The van der Waals surface area contributed by atoms with Crippen molar-refractivity contribution in [2.45, 2.75) is 72.0 Å². The van der Waals surface area contributed by atoms with Gasteiger partial charge in [0.1, 0.15) is 0 Å². The Morgan fingerprint density at radius 3 is 2.06 bits per heavy atom. The van der Waals surface area contributed by atoms with Crippen LogP contribution in [0, 0.1) is 17.3 Å². The molecule has 0 amide bonds. The lowest BCUT2D eigenvalue weighted by Crippen LogP contribution is -2.36. The van der Waals surface area contributed by atoms with Gasteiger partial charge >= 0.3 is 0 Å². The second-order valence-electron chi connectivity index (χ2n) is 6.56. The van der Waals surface area contributed by atoms with E-state index in [1.165, 1.54) is 44.9 Å². The van der Waals surface area contributed by atoms with Crippen LogP contribution in [0.1, 0.15) is 65.7 Å². The van der Waals surface area contributed by atoms with Crippen LogP contribution < -0.4 is 0 Å². The van der Waals surface area contributed by atoms with Crippen molar-refractivity contribution in [2.24, 2.45) is 17.3 Å². The number of rotatable bonds is 7. The van der Waals surface area contributed by atoms with Crippen LogP contribution in [0.3, 0.4) is 0 Å². The van der Waals surface area contributed by atoms with Gasteiger partial charge in [-0.15, -0.1) is 0 Å². The molecule has 0 aromatic rings. The van der Waals surface area contributed by atoms with Gasteiger partial charge in [0.25, 0.3) is 0 Å². The van der Waals surface area contributed by atoms with Crippen molar-refractivity contribution in [3.05, 3.63) is 0 Å². The summed E-state index contributed by atoms with van der Waals surface area (Å²) in [7, 11) is 3.49. The van der Waals surface area contributed by atoms with Gasteiger partial charge in [-0.3, -0.25) is 0 Å². The van der Waals surface area contributed by atoms with E-state index >= 15 is 0 Å². The van der Waals surface area contributed by atoms with Crippen LogP contribution >= 0.6 is 0 Å². The average molecular weight is 256 g/mol. The predicted octanol–water partition coefficient (Wildman–Crippen LogP) is 4.63. The number of hydrogen-bond donors (Lipinski definition) is 0. The molecule has 1 atom stereocenters. The van der Waals surface area contributed by atoms with E-state index < -0.39 is 0 Å². The van der Waals surface area contributed by atoms with Crippen molar-refractivity contribution >= 4 is 0 Å². The van der Waals surface area contributed by atoms with Gasteiger partial charge in [-0.2, -0.15) is 0 Å². The first-order valence-corrected chi connectivity index (χ1v) is 7.60. The molecule has 2 nitrogen and oxygen atoms in total. The average Bonchev–Trinajstić information content (AvgIpc) is 2.38. The van der Waals surface area contributed by atoms with E-state index in [0.717, 1.165) is 11.8 Å². The molecule has 1 saturated carbocycles. The molecule has 0 aromatic heterocycles. The molecule has 0 aromatic carbocycles. The van der Waals surface area contributed by atoms with Crippen LogP contribution in [0.15, 0.2) is 0 Å². The highest BCUT2D eigenvalue weighted by atomic mass is 16.7. The van der Waals surface area contributed by atoms with Crippen LogP contribution in [-0.4, -0.2) is 20.5 Å². The third-order valence-electron chi connectivity index (χ3n) is 4.70. The van der Waals surface area contributed by atoms with E-state index in [1.54, 1.807) is 14.2 Å². The van der Waals surface area contributed by atoms with Gasteiger partial charge in [0.05, 0.1) is 0 Å². The summed E-state index contributed by atoms with van der Waals surface area (Å²) < 4.78 is 10.9. The van der Waals surface area contributed by atoms with E-state index in [0.29, 0.717) is 0 Å². The monoisotopic (exact) mass is 256 g/mol. The Hall–Kier alpha value is -0.0800. The van der Waals surface area contributed by atoms with Gasteiger partial charge in [0.2, 0.25) is 0 Å². The second kappa shape index (κ2) is 7.49. The van der Waals surface area contributed by atoms with E-state index in [4.69, 9.17) is 9.47 Å². The van der Waals surface area contributed by atoms with Gasteiger partial charge < -0.3 is 9.47 Å². The highest BCUT2D eigenvalue weighted by Crippen LogP contribution is 2.40. The van der Waals surface area contributed by atoms with Crippen molar-refractivity contribution in [3.63, 3.8) is 0 Å².